The van der Waals surface area contributed by atoms with Crippen molar-refractivity contribution in [1.29, 1.82) is 0 Å². The lowest BCUT2D eigenvalue weighted by atomic mass is 9.86. The van der Waals surface area contributed by atoms with E-state index in [2.05, 4.69) is 20.8 Å². The maximum atomic E-state index is 12.6. The van der Waals surface area contributed by atoms with Crippen molar-refractivity contribution < 1.29 is 9.21 Å². The second-order valence-corrected chi connectivity index (χ2v) is 6.47. The van der Waals surface area contributed by atoms with Crippen molar-refractivity contribution in [1.82, 2.24) is 0 Å². The van der Waals surface area contributed by atoms with Crippen molar-refractivity contribution in [2.45, 2.75) is 45.4 Å². The van der Waals surface area contributed by atoms with Gasteiger partial charge in [-0.15, -0.1) is 0 Å². The summed E-state index contributed by atoms with van der Waals surface area (Å²) >= 11 is 0. The van der Waals surface area contributed by atoms with Crippen LogP contribution in [0.3, 0.4) is 0 Å². The van der Waals surface area contributed by atoms with E-state index in [4.69, 9.17) is 4.42 Å². The number of Topliss-reactive ketones (excluding diaryl/α,β-unsaturated/α-hetero) is 1. The summed E-state index contributed by atoms with van der Waals surface area (Å²) in [5, 5.41) is 0.520. The van der Waals surface area contributed by atoms with E-state index >= 15 is 0 Å². The van der Waals surface area contributed by atoms with Gasteiger partial charge in [0, 0.05) is 12.8 Å². The van der Waals surface area contributed by atoms with Crippen LogP contribution in [0.25, 0.3) is 11.0 Å². The van der Waals surface area contributed by atoms with Crippen molar-refractivity contribution in [3.8, 4) is 0 Å². The normalized spacial score (nSPS) is 15.4. The van der Waals surface area contributed by atoms with Crippen LogP contribution in [0.2, 0.25) is 0 Å². The predicted molar refractivity (Wildman–Crippen MR) is 78.5 cm³/mol. The smallest absolute Gasteiger partial charge is 0.203 e. The molecule has 1 aromatic heterocycles. The Bertz CT molecular complexity index is 760. The van der Waals surface area contributed by atoms with Gasteiger partial charge in [0.15, 0.2) is 5.78 Å². The Morgan fingerprint density at radius 1 is 1.10 bits per heavy atom. The van der Waals surface area contributed by atoms with Crippen LogP contribution in [0.5, 0.6) is 0 Å². The molecule has 0 amide bonds. The first-order valence-corrected chi connectivity index (χ1v) is 7.01. The lowest BCUT2D eigenvalue weighted by Gasteiger charge is -2.20. The zero-order chi connectivity index (χ0) is 14.5. The molecule has 3 nitrogen and oxygen atoms in total. The molecule has 0 bridgehead atoms. The number of ketones is 1. The Balaban J connectivity index is 2.34. The number of carbonyl (C=O) groups is 1. The van der Waals surface area contributed by atoms with Gasteiger partial charge in [-0.05, 0) is 29.5 Å². The van der Waals surface area contributed by atoms with Crippen molar-refractivity contribution in [3.63, 3.8) is 0 Å². The topological polar surface area (TPSA) is 47.3 Å². The van der Waals surface area contributed by atoms with E-state index < -0.39 is 0 Å². The van der Waals surface area contributed by atoms with Crippen molar-refractivity contribution in [2.75, 3.05) is 0 Å². The second-order valence-electron chi connectivity index (χ2n) is 6.47. The molecule has 1 aliphatic rings. The van der Waals surface area contributed by atoms with Crippen molar-refractivity contribution in [3.05, 3.63) is 45.3 Å². The number of hydrogen-bond acceptors (Lipinski definition) is 3. The summed E-state index contributed by atoms with van der Waals surface area (Å²) in [5.74, 6) is 0.477. The number of carbonyl (C=O) groups excluding carboxylic acids is 1. The van der Waals surface area contributed by atoms with Gasteiger partial charge in [-0.3, -0.25) is 9.59 Å². The Kier molecular flexibility index (Phi) is 2.82. The van der Waals surface area contributed by atoms with Crippen LogP contribution in [-0.2, 0) is 11.8 Å². The standard InChI is InChI=1S/C17H18O3/c1-17(2,3)10-7-8-13-11(9-10)16(19)15-12(18)5-4-6-14(15)20-13/h7-9H,4-6H2,1-3H3. The van der Waals surface area contributed by atoms with Crippen LogP contribution in [0, 0.1) is 0 Å². The second kappa shape index (κ2) is 4.30. The van der Waals surface area contributed by atoms with Crippen LogP contribution >= 0.6 is 0 Å². The molecule has 1 aromatic carbocycles. The molecule has 0 saturated heterocycles. The molecule has 2 aromatic rings. The SMILES string of the molecule is CC(C)(C)c1ccc2oc3c(c(=O)c2c1)C(=O)CCC3. The molecule has 0 N–H and O–H groups in total. The zero-order valence-electron chi connectivity index (χ0n) is 12.1. The van der Waals surface area contributed by atoms with Gasteiger partial charge in [-0.1, -0.05) is 26.8 Å². The van der Waals surface area contributed by atoms with Crippen molar-refractivity contribution in [2.24, 2.45) is 0 Å². The average Bonchev–Trinajstić information content (AvgIpc) is 2.37. The summed E-state index contributed by atoms with van der Waals surface area (Å²) < 4.78 is 5.78. The highest BCUT2D eigenvalue weighted by Crippen LogP contribution is 2.27. The van der Waals surface area contributed by atoms with E-state index in [0.717, 1.165) is 12.0 Å². The molecule has 104 valence electrons. The molecule has 3 rings (SSSR count). The molecule has 1 heterocycles. The Labute approximate surface area is 117 Å². The van der Waals surface area contributed by atoms with E-state index in [0.29, 0.717) is 29.6 Å². The summed E-state index contributed by atoms with van der Waals surface area (Å²) in [6, 6.07) is 5.70. The van der Waals surface area contributed by atoms with Gasteiger partial charge in [0.05, 0.1) is 5.39 Å². The minimum Gasteiger partial charge on any atom is -0.460 e. The van der Waals surface area contributed by atoms with E-state index in [-0.39, 0.29) is 22.2 Å². The lowest BCUT2D eigenvalue weighted by molar-refractivity contribution is 0.0966. The number of rotatable bonds is 0. The Morgan fingerprint density at radius 2 is 1.85 bits per heavy atom. The lowest BCUT2D eigenvalue weighted by Crippen LogP contribution is -2.22. The molecule has 0 unspecified atom stereocenters. The summed E-state index contributed by atoms with van der Waals surface area (Å²) in [7, 11) is 0. The van der Waals surface area contributed by atoms with E-state index in [1.807, 2.05) is 18.2 Å². The van der Waals surface area contributed by atoms with Crippen molar-refractivity contribution >= 4 is 16.8 Å². The highest BCUT2D eigenvalue weighted by molar-refractivity contribution is 6.00. The minimum atomic E-state index is -0.169. The minimum absolute atomic E-state index is 0.0411. The van der Waals surface area contributed by atoms with Gasteiger partial charge in [0.25, 0.3) is 0 Å². The third-order valence-electron chi connectivity index (χ3n) is 3.92. The quantitative estimate of drug-likeness (QED) is 0.734. The van der Waals surface area contributed by atoms with Gasteiger partial charge in [-0.2, -0.15) is 0 Å². The molecule has 20 heavy (non-hydrogen) atoms. The maximum absolute atomic E-state index is 12.6. The van der Waals surface area contributed by atoms with E-state index in [1.54, 1.807) is 0 Å². The molecule has 0 atom stereocenters. The molecule has 0 aliphatic heterocycles. The summed E-state index contributed by atoms with van der Waals surface area (Å²) in [4.78, 5) is 24.6. The van der Waals surface area contributed by atoms with Crippen LogP contribution in [-0.4, -0.2) is 5.78 Å². The molecule has 1 aliphatic carbocycles. The largest absolute Gasteiger partial charge is 0.460 e. The Hall–Kier alpha value is -1.90. The fourth-order valence-electron chi connectivity index (χ4n) is 2.70. The fourth-order valence-corrected chi connectivity index (χ4v) is 2.70. The third-order valence-corrected chi connectivity index (χ3v) is 3.92. The third kappa shape index (κ3) is 1.98. The van der Waals surface area contributed by atoms with Crippen LogP contribution in [0.15, 0.2) is 27.4 Å². The summed E-state index contributed by atoms with van der Waals surface area (Å²) in [6.45, 7) is 6.29. The number of fused-ring (bicyclic) bond motifs is 2. The molecular formula is C17H18O3. The van der Waals surface area contributed by atoms with E-state index in [9.17, 15) is 9.59 Å². The summed E-state index contributed by atoms with van der Waals surface area (Å²) in [5.41, 5.74) is 1.71. The molecule has 0 saturated carbocycles. The molecular weight excluding hydrogens is 252 g/mol. The highest BCUT2D eigenvalue weighted by Gasteiger charge is 2.25. The first kappa shape index (κ1) is 13.1. The van der Waals surface area contributed by atoms with Crippen LogP contribution in [0.4, 0.5) is 0 Å². The first-order valence-electron chi connectivity index (χ1n) is 7.01. The van der Waals surface area contributed by atoms with Gasteiger partial charge in [0.2, 0.25) is 5.43 Å². The monoisotopic (exact) mass is 270 g/mol. The molecule has 0 spiro atoms. The summed E-state index contributed by atoms with van der Waals surface area (Å²) in [6.07, 6.45) is 1.88. The number of aryl methyl sites for hydroxylation is 1. The van der Waals surface area contributed by atoms with Gasteiger partial charge in [0.1, 0.15) is 16.9 Å². The van der Waals surface area contributed by atoms with Gasteiger partial charge < -0.3 is 4.42 Å². The van der Waals surface area contributed by atoms with Gasteiger partial charge >= 0.3 is 0 Å². The highest BCUT2D eigenvalue weighted by atomic mass is 16.3. The molecule has 0 fully saturated rings. The fraction of sp³-hybridized carbons (Fsp3) is 0.412. The maximum Gasteiger partial charge on any atom is 0.203 e. The molecule has 3 heteroatoms. The van der Waals surface area contributed by atoms with Crippen LogP contribution in [0.1, 0.15) is 55.3 Å². The first-order chi connectivity index (χ1) is 9.38. The van der Waals surface area contributed by atoms with Gasteiger partial charge in [-0.25, -0.2) is 0 Å². The van der Waals surface area contributed by atoms with E-state index in [1.165, 1.54) is 0 Å². The number of benzene rings is 1. The zero-order valence-corrected chi connectivity index (χ0v) is 12.1. The molecule has 0 radical (unpaired) electrons. The Morgan fingerprint density at radius 3 is 2.55 bits per heavy atom. The average molecular weight is 270 g/mol. The number of hydrogen-bond donors (Lipinski definition) is 0. The van der Waals surface area contributed by atoms with Crippen LogP contribution < -0.4 is 5.43 Å². The predicted octanol–water partition coefficient (Wildman–Crippen LogP) is 3.61.